The molecule has 0 aliphatic carbocycles. The number of aromatic nitrogens is 2. The summed E-state index contributed by atoms with van der Waals surface area (Å²) >= 11 is 0. The molecule has 12 rings (SSSR count). The Morgan fingerprint density at radius 3 is 2.02 bits per heavy atom. The number of furan rings is 1. The number of benzene rings is 7. The molecule has 3 aromatic heterocycles. The quantitative estimate of drug-likeness (QED) is 0.171. The van der Waals surface area contributed by atoms with Crippen LogP contribution in [0.4, 0.5) is 0 Å². The number of hydrogen-bond donors (Lipinski definition) is 0. The third kappa shape index (κ3) is 2.29. The topological polar surface area (TPSA) is 23.0 Å². The molecule has 0 saturated carbocycles. The lowest BCUT2D eigenvalue weighted by molar-refractivity contribution is 0.675. The minimum atomic E-state index is -0.0339. The third-order valence-electron chi connectivity index (χ3n) is 10.5. The summed E-state index contributed by atoms with van der Waals surface area (Å²) in [6.45, 7) is -0.0339. The van der Waals surface area contributed by atoms with Crippen LogP contribution in [-0.4, -0.2) is 15.9 Å². The van der Waals surface area contributed by atoms with Crippen LogP contribution in [0.5, 0.6) is 0 Å². The minimum absolute atomic E-state index is 0.0339. The van der Waals surface area contributed by atoms with Crippen LogP contribution in [0.3, 0.4) is 0 Å². The molecule has 0 fully saturated rings. The van der Waals surface area contributed by atoms with Gasteiger partial charge in [-0.1, -0.05) is 97.1 Å². The van der Waals surface area contributed by atoms with E-state index < -0.39 is 0 Å². The highest BCUT2D eigenvalue weighted by Crippen LogP contribution is 2.45. The second kappa shape index (κ2) is 7.24. The molecule has 0 spiro atoms. The summed E-state index contributed by atoms with van der Waals surface area (Å²) in [5, 5.41) is 9.88. The average molecular weight is 556 g/mol. The summed E-state index contributed by atoms with van der Waals surface area (Å²) in [7, 11) is 0. The van der Waals surface area contributed by atoms with Gasteiger partial charge >= 0.3 is 6.85 Å². The first kappa shape index (κ1) is 21.9. The van der Waals surface area contributed by atoms with Gasteiger partial charge in [0.1, 0.15) is 11.2 Å². The van der Waals surface area contributed by atoms with Crippen molar-refractivity contribution < 1.29 is 4.42 Å². The van der Waals surface area contributed by atoms with Crippen LogP contribution < -0.4 is 10.9 Å². The predicted octanol–water partition coefficient (Wildman–Crippen LogP) is 8.89. The number of rotatable bonds is 0. The standard InChI is InChI=1S/C40H21BN2O/c1-2-9-23-22(8-1)16-17-30-31-20-21-34-36(40(31)44-39(23)30)41-35-26(18-19-29-24-10-3-5-14-32(24)42(34)38(29)35)28-13-7-12-27-25-11-4-6-15-33(25)43(41)37(27)28/h1-21H. The fourth-order valence-electron chi connectivity index (χ4n) is 8.82. The monoisotopic (exact) mass is 556 g/mol. The van der Waals surface area contributed by atoms with Crippen LogP contribution >= 0.6 is 0 Å². The Bertz CT molecular complexity index is 2960. The van der Waals surface area contributed by atoms with E-state index in [1.807, 2.05) is 0 Å². The van der Waals surface area contributed by atoms with Crippen LogP contribution in [0.25, 0.3) is 93.1 Å². The zero-order chi connectivity index (χ0) is 28.3. The molecule has 7 aromatic carbocycles. The third-order valence-corrected chi connectivity index (χ3v) is 10.5. The normalized spacial score (nSPS) is 13.4. The van der Waals surface area contributed by atoms with Crippen molar-refractivity contribution in [2.75, 3.05) is 0 Å². The molecule has 0 amide bonds. The first-order valence-corrected chi connectivity index (χ1v) is 15.3. The molecule has 0 saturated heterocycles. The SMILES string of the molecule is c1ccc2c(c1)ccc1c3ccc4c(c3oc21)B1c2c(ccc3c5ccccc5n-4c23)-c2cccc3c4ccccc4n1c23. The van der Waals surface area contributed by atoms with Gasteiger partial charge in [-0.2, -0.15) is 0 Å². The van der Waals surface area contributed by atoms with Crippen molar-refractivity contribution in [2.24, 2.45) is 0 Å². The van der Waals surface area contributed by atoms with E-state index in [0.717, 1.165) is 16.6 Å². The van der Waals surface area contributed by atoms with Gasteiger partial charge in [0.15, 0.2) is 0 Å². The Balaban J connectivity index is 1.38. The highest BCUT2D eigenvalue weighted by molar-refractivity contribution is 6.91. The van der Waals surface area contributed by atoms with E-state index in [4.69, 9.17) is 4.42 Å². The first-order valence-electron chi connectivity index (χ1n) is 15.3. The molecule has 0 N–H and O–H groups in total. The fraction of sp³-hybridized carbons (Fsp3) is 0. The number of hydrogen-bond acceptors (Lipinski definition) is 1. The Kier molecular flexibility index (Phi) is 3.60. The molecule has 0 radical (unpaired) electrons. The van der Waals surface area contributed by atoms with E-state index >= 15 is 0 Å². The van der Waals surface area contributed by atoms with Gasteiger partial charge in [-0.3, -0.25) is 0 Å². The molecular weight excluding hydrogens is 535 g/mol. The van der Waals surface area contributed by atoms with E-state index in [2.05, 4.69) is 136 Å². The molecule has 5 heterocycles. The van der Waals surface area contributed by atoms with Crippen molar-refractivity contribution in [3.8, 4) is 16.8 Å². The predicted molar refractivity (Wildman–Crippen MR) is 184 cm³/mol. The highest BCUT2D eigenvalue weighted by Gasteiger charge is 2.43. The number of para-hydroxylation sites is 3. The van der Waals surface area contributed by atoms with E-state index in [9.17, 15) is 0 Å². The van der Waals surface area contributed by atoms with Gasteiger partial charge in [0.05, 0.1) is 11.0 Å². The molecule has 44 heavy (non-hydrogen) atoms. The minimum Gasteiger partial charge on any atom is -0.456 e. The summed E-state index contributed by atoms with van der Waals surface area (Å²) in [4.78, 5) is 0. The second-order valence-corrected chi connectivity index (χ2v) is 12.4. The molecule has 2 aliphatic rings. The molecule has 10 aromatic rings. The molecular formula is C40H21BN2O. The van der Waals surface area contributed by atoms with E-state index in [1.165, 1.54) is 87.5 Å². The largest absolute Gasteiger partial charge is 0.456 e. The molecule has 200 valence electrons. The molecule has 3 nitrogen and oxygen atoms in total. The van der Waals surface area contributed by atoms with Crippen molar-refractivity contribution in [3.63, 3.8) is 0 Å². The van der Waals surface area contributed by atoms with Crippen LogP contribution in [0, 0.1) is 0 Å². The lowest BCUT2D eigenvalue weighted by Gasteiger charge is -2.33. The fourth-order valence-corrected chi connectivity index (χ4v) is 8.82. The van der Waals surface area contributed by atoms with Gasteiger partial charge in [-0.05, 0) is 46.7 Å². The van der Waals surface area contributed by atoms with E-state index in [0.29, 0.717) is 0 Å². The summed E-state index contributed by atoms with van der Waals surface area (Å²) in [5.41, 5.74) is 13.5. The number of fused-ring (bicyclic) bond motifs is 17. The summed E-state index contributed by atoms with van der Waals surface area (Å²) in [6, 6.07) is 46.9. The Hall–Kier alpha value is -5.74. The van der Waals surface area contributed by atoms with Gasteiger partial charge in [-0.25, -0.2) is 0 Å². The molecule has 0 unspecified atom stereocenters. The van der Waals surface area contributed by atoms with Crippen molar-refractivity contribution in [1.82, 2.24) is 9.05 Å². The first-order chi connectivity index (χ1) is 21.9. The zero-order valence-electron chi connectivity index (χ0n) is 23.5. The lowest BCUT2D eigenvalue weighted by atomic mass is 9.45. The van der Waals surface area contributed by atoms with E-state index in [1.54, 1.807) is 0 Å². The number of nitrogens with zero attached hydrogens (tertiary/aromatic N) is 2. The molecule has 0 bridgehead atoms. The maximum Gasteiger partial charge on any atom is 0.337 e. The van der Waals surface area contributed by atoms with Crippen LogP contribution in [0.15, 0.2) is 132 Å². The van der Waals surface area contributed by atoms with Crippen molar-refractivity contribution in [3.05, 3.63) is 127 Å². The van der Waals surface area contributed by atoms with Crippen LogP contribution in [0.1, 0.15) is 0 Å². The van der Waals surface area contributed by atoms with Gasteiger partial charge in [0.25, 0.3) is 0 Å². The Morgan fingerprint density at radius 2 is 1.11 bits per heavy atom. The lowest BCUT2D eigenvalue weighted by Crippen LogP contribution is -2.55. The van der Waals surface area contributed by atoms with Gasteiger partial charge in [0.2, 0.25) is 0 Å². The van der Waals surface area contributed by atoms with Crippen LogP contribution in [0.2, 0.25) is 0 Å². The van der Waals surface area contributed by atoms with Gasteiger partial charge in [-0.15, -0.1) is 0 Å². The second-order valence-electron chi connectivity index (χ2n) is 12.4. The zero-order valence-corrected chi connectivity index (χ0v) is 23.5. The molecule has 2 aliphatic heterocycles. The van der Waals surface area contributed by atoms with Crippen LogP contribution in [-0.2, 0) is 0 Å². The Morgan fingerprint density at radius 1 is 0.432 bits per heavy atom. The van der Waals surface area contributed by atoms with E-state index in [-0.39, 0.29) is 6.85 Å². The maximum atomic E-state index is 7.11. The van der Waals surface area contributed by atoms with Gasteiger partial charge in [0, 0.05) is 65.5 Å². The molecule has 0 atom stereocenters. The highest BCUT2D eigenvalue weighted by atomic mass is 16.3. The summed E-state index contributed by atoms with van der Waals surface area (Å²) in [6.07, 6.45) is 0. The summed E-state index contributed by atoms with van der Waals surface area (Å²) in [5.74, 6) is 0. The smallest absolute Gasteiger partial charge is 0.337 e. The van der Waals surface area contributed by atoms with Gasteiger partial charge < -0.3 is 13.5 Å². The average Bonchev–Trinajstić information content (AvgIpc) is 3.74. The maximum absolute atomic E-state index is 7.11. The van der Waals surface area contributed by atoms with Crippen molar-refractivity contribution >= 4 is 94.1 Å². The van der Waals surface area contributed by atoms with Crippen molar-refractivity contribution in [2.45, 2.75) is 0 Å². The molecule has 4 heteroatoms. The Labute approximate surface area is 251 Å². The summed E-state index contributed by atoms with van der Waals surface area (Å²) < 4.78 is 12.2. The van der Waals surface area contributed by atoms with Crippen molar-refractivity contribution in [1.29, 1.82) is 0 Å².